The standard InChI is InChI=1S/C30H44/c1-19(2)25-13-10-21(5)16-29(25)24-12-15-27-23(18-24)8-7-9-28(27)30-17-22(6)11-14-26(30)20(3)4/h7-9,12,15,18-22,25-26,29-30H,10-11,13-14,16-17H2,1-6H3. The molecule has 2 fully saturated rings. The van der Waals surface area contributed by atoms with Crippen molar-refractivity contribution in [1.29, 1.82) is 0 Å². The average molecular weight is 405 g/mol. The predicted octanol–water partition coefficient (Wildman–Crippen LogP) is 9.19. The zero-order valence-electron chi connectivity index (χ0n) is 20.3. The highest BCUT2D eigenvalue weighted by atomic mass is 14.4. The molecule has 0 spiro atoms. The van der Waals surface area contributed by atoms with Gasteiger partial charge in [0.25, 0.3) is 0 Å². The Balaban J connectivity index is 1.71. The third-order valence-corrected chi connectivity index (χ3v) is 8.81. The Bertz CT molecular complexity index is 844. The van der Waals surface area contributed by atoms with Crippen LogP contribution >= 0.6 is 0 Å². The maximum Gasteiger partial charge on any atom is -0.0122 e. The van der Waals surface area contributed by atoms with E-state index in [0.29, 0.717) is 0 Å². The normalized spacial score (nSPS) is 32.8. The van der Waals surface area contributed by atoms with Crippen molar-refractivity contribution in [1.82, 2.24) is 0 Å². The summed E-state index contributed by atoms with van der Waals surface area (Å²) >= 11 is 0. The third kappa shape index (κ3) is 4.35. The Morgan fingerprint density at radius 3 is 1.93 bits per heavy atom. The molecule has 0 heterocycles. The topological polar surface area (TPSA) is 0 Å². The van der Waals surface area contributed by atoms with E-state index >= 15 is 0 Å². The number of hydrogen-bond donors (Lipinski definition) is 0. The molecule has 2 aromatic rings. The Morgan fingerprint density at radius 1 is 0.700 bits per heavy atom. The molecule has 0 amide bonds. The molecule has 2 aromatic carbocycles. The fourth-order valence-electron chi connectivity index (χ4n) is 7.03. The van der Waals surface area contributed by atoms with Gasteiger partial charge in [-0.1, -0.05) is 90.8 Å². The minimum Gasteiger partial charge on any atom is -0.0625 e. The van der Waals surface area contributed by atoms with E-state index in [4.69, 9.17) is 0 Å². The minimum absolute atomic E-state index is 0.724. The summed E-state index contributed by atoms with van der Waals surface area (Å²) in [7, 11) is 0. The van der Waals surface area contributed by atoms with Gasteiger partial charge in [0.2, 0.25) is 0 Å². The van der Waals surface area contributed by atoms with Crippen LogP contribution in [-0.4, -0.2) is 0 Å². The van der Waals surface area contributed by atoms with Gasteiger partial charge in [0.15, 0.2) is 0 Å². The van der Waals surface area contributed by atoms with Crippen molar-refractivity contribution in [3.63, 3.8) is 0 Å². The first-order valence-corrected chi connectivity index (χ1v) is 12.9. The van der Waals surface area contributed by atoms with Gasteiger partial charge < -0.3 is 0 Å². The molecular formula is C30H44. The zero-order valence-corrected chi connectivity index (χ0v) is 20.3. The summed E-state index contributed by atoms with van der Waals surface area (Å²) in [6, 6.07) is 14.7. The molecule has 0 bridgehead atoms. The van der Waals surface area contributed by atoms with Crippen LogP contribution in [-0.2, 0) is 0 Å². The van der Waals surface area contributed by atoms with Crippen LogP contribution in [0.15, 0.2) is 36.4 Å². The number of fused-ring (bicyclic) bond motifs is 1. The summed E-state index contributed by atoms with van der Waals surface area (Å²) in [6.45, 7) is 14.7. The smallest absolute Gasteiger partial charge is 0.0122 e. The molecule has 2 saturated carbocycles. The molecule has 0 aromatic heterocycles. The molecule has 0 aliphatic heterocycles. The lowest BCUT2D eigenvalue weighted by Gasteiger charge is -2.39. The van der Waals surface area contributed by atoms with Gasteiger partial charge in [-0.3, -0.25) is 0 Å². The van der Waals surface area contributed by atoms with E-state index in [0.717, 1.165) is 47.3 Å². The Kier molecular flexibility index (Phi) is 6.61. The number of hydrogen-bond acceptors (Lipinski definition) is 0. The van der Waals surface area contributed by atoms with Crippen molar-refractivity contribution in [3.8, 4) is 0 Å². The van der Waals surface area contributed by atoms with Crippen molar-refractivity contribution in [2.24, 2.45) is 35.5 Å². The highest BCUT2D eigenvalue weighted by Gasteiger charge is 2.34. The first-order chi connectivity index (χ1) is 14.3. The van der Waals surface area contributed by atoms with Gasteiger partial charge in [-0.15, -0.1) is 0 Å². The number of rotatable bonds is 4. The molecule has 2 aliphatic rings. The molecule has 4 rings (SSSR count). The Labute approximate surface area is 185 Å². The maximum atomic E-state index is 2.56. The summed E-state index contributed by atoms with van der Waals surface area (Å²) < 4.78 is 0. The molecular weight excluding hydrogens is 360 g/mol. The van der Waals surface area contributed by atoms with E-state index in [9.17, 15) is 0 Å². The second kappa shape index (κ2) is 9.05. The lowest BCUT2D eigenvalue weighted by molar-refractivity contribution is 0.197. The fourth-order valence-corrected chi connectivity index (χ4v) is 7.03. The number of benzene rings is 2. The van der Waals surface area contributed by atoms with Crippen LogP contribution < -0.4 is 0 Å². The Hall–Kier alpha value is -1.30. The van der Waals surface area contributed by atoms with Crippen LogP contribution in [0.4, 0.5) is 0 Å². The molecule has 6 unspecified atom stereocenters. The average Bonchev–Trinajstić information content (AvgIpc) is 2.72. The molecule has 30 heavy (non-hydrogen) atoms. The first-order valence-electron chi connectivity index (χ1n) is 12.9. The molecule has 0 saturated heterocycles. The zero-order chi connectivity index (χ0) is 21.4. The van der Waals surface area contributed by atoms with Gasteiger partial charge in [0, 0.05) is 0 Å². The van der Waals surface area contributed by atoms with Gasteiger partial charge in [-0.25, -0.2) is 0 Å². The molecule has 0 N–H and O–H groups in total. The molecule has 164 valence electrons. The highest BCUT2D eigenvalue weighted by Crippen LogP contribution is 2.47. The van der Waals surface area contributed by atoms with Crippen LogP contribution in [0.2, 0.25) is 0 Å². The van der Waals surface area contributed by atoms with Gasteiger partial charge in [-0.2, -0.15) is 0 Å². The van der Waals surface area contributed by atoms with Crippen molar-refractivity contribution in [2.45, 2.75) is 91.9 Å². The predicted molar refractivity (Wildman–Crippen MR) is 132 cm³/mol. The van der Waals surface area contributed by atoms with E-state index in [1.165, 1.54) is 49.3 Å². The Morgan fingerprint density at radius 2 is 1.30 bits per heavy atom. The fraction of sp³-hybridized carbons (Fsp3) is 0.667. The summed E-state index contributed by atoms with van der Waals surface area (Å²) in [4.78, 5) is 0. The van der Waals surface area contributed by atoms with Crippen molar-refractivity contribution >= 4 is 10.8 Å². The van der Waals surface area contributed by atoms with Crippen LogP contribution in [0.3, 0.4) is 0 Å². The SMILES string of the molecule is CC1CCC(C(C)C)C(c2ccc3c(C4CC(C)CCC4C(C)C)cccc3c2)C1. The van der Waals surface area contributed by atoms with E-state index in [1.54, 1.807) is 11.1 Å². The minimum atomic E-state index is 0.724. The second-order valence-corrected chi connectivity index (χ2v) is 11.7. The highest BCUT2D eigenvalue weighted by molar-refractivity contribution is 5.87. The van der Waals surface area contributed by atoms with E-state index in [-0.39, 0.29) is 0 Å². The monoisotopic (exact) mass is 404 g/mol. The van der Waals surface area contributed by atoms with Crippen molar-refractivity contribution < 1.29 is 0 Å². The van der Waals surface area contributed by atoms with Gasteiger partial charge in [-0.05, 0) is 94.9 Å². The van der Waals surface area contributed by atoms with E-state index in [2.05, 4.69) is 77.9 Å². The third-order valence-electron chi connectivity index (χ3n) is 8.81. The summed E-state index contributed by atoms with van der Waals surface area (Å²) in [5, 5.41) is 3.00. The van der Waals surface area contributed by atoms with Crippen molar-refractivity contribution in [2.75, 3.05) is 0 Å². The molecule has 0 heteroatoms. The van der Waals surface area contributed by atoms with Crippen LogP contribution in [0.25, 0.3) is 10.8 Å². The van der Waals surface area contributed by atoms with Crippen LogP contribution in [0.5, 0.6) is 0 Å². The summed E-state index contributed by atoms with van der Waals surface area (Å²) in [5.41, 5.74) is 3.23. The summed E-state index contributed by atoms with van der Waals surface area (Å²) in [6.07, 6.45) is 8.34. The van der Waals surface area contributed by atoms with Gasteiger partial charge in [0.1, 0.15) is 0 Å². The van der Waals surface area contributed by atoms with Crippen LogP contribution in [0, 0.1) is 35.5 Å². The lowest BCUT2D eigenvalue weighted by atomic mass is 9.66. The molecule has 2 aliphatic carbocycles. The second-order valence-electron chi connectivity index (χ2n) is 11.7. The summed E-state index contributed by atoms with van der Waals surface area (Å²) in [5.74, 6) is 6.40. The lowest BCUT2D eigenvalue weighted by Crippen LogP contribution is -2.26. The first kappa shape index (κ1) is 21.9. The maximum absolute atomic E-state index is 2.56. The van der Waals surface area contributed by atoms with Crippen LogP contribution in [0.1, 0.15) is 103 Å². The van der Waals surface area contributed by atoms with Crippen molar-refractivity contribution in [3.05, 3.63) is 47.5 Å². The van der Waals surface area contributed by atoms with E-state index in [1.807, 2.05) is 0 Å². The molecule has 6 atom stereocenters. The largest absolute Gasteiger partial charge is 0.0625 e. The van der Waals surface area contributed by atoms with Gasteiger partial charge in [0.05, 0.1) is 0 Å². The van der Waals surface area contributed by atoms with E-state index < -0.39 is 0 Å². The van der Waals surface area contributed by atoms with Gasteiger partial charge >= 0.3 is 0 Å². The molecule has 0 radical (unpaired) electrons. The molecule has 0 nitrogen and oxygen atoms in total. The quantitative estimate of drug-likeness (QED) is 0.476.